The standard InChI is InChI=1S/C22H29IO4Si/c1-22(2,3)25-15-18-19(23)20(21(24-4)26-18)27-28(16-11-7-5-8-12-16)17-13-9-6-10-14-17/h5-14,18-21,28H,15H2,1-4H3/t18-,19-,20-,21?/m1/s1. The molecule has 1 unspecified atom stereocenters. The first-order chi connectivity index (χ1) is 13.4. The molecule has 1 heterocycles. The van der Waals surface area contributed by atoms with Gasteiger partial charge in [0.2, 0.25) is 9.04 Å². The summed E-state index contributed by atoms with van der Waals surface area (Å²) in [6.45, 7) is 6.69. The number of hydrogen-bond acceptors (Lipinski definition) is 4. The Morgan fingerprint density at radius 1 is 0.964 bits per heavy atom. The van der Waals surface area contributed by atoms with Gasteiger partial charge in [-0.1, -0.05) is 83.3 Å². The lowest BCUT2D eigenvalue weighted by Gasteiger charge is -2.27. The van der Waals surface area contributed by atoms with Crippen LogP contribution in [0.15, 0.2) is 60.7 Å². The minimum Gasteiger partial charge on any atom is -0.402 e. The fourth-order valence-corrected chi connectivity index (χ4v) is 6.90. The van der Waals surface area contributed by atoms with Crippen LogP contribution in [0.5, 0.6) is 0 Å². The average molecular weight is 512 g/mol. The summed E-state index contributed by atoms with van der Waals surface area (Å²) in [7, 11) is -0.201. The predicted molar refractivity (Wildman–Crippen MR) is 123 cm³/mol. The van der Waals surface area contributed by atoms with Crippen LogP contribution in [-0.4, -0.2) is 50.8 Å². The molecule has 2 aromatic carbocycles. The van der Waals surface area contributed by atoms with Gasteiger partial charge < -0.3 is 18.6 Å². The van der Waals surface area contributed by atoms with E-state index in [1.165, 1.54) is 10.4 Å². The van der Waals surface area contributed by atoms with Gasteiger partial charge in [-0.05, 0) is 31.1 Å². The van der Waals surface area contributed by atoms with E-state index < -0.39 is 15.3 Å². The molecule has 28 heavy (non-hydrogen) atoms. The number of methoxy groups -OCH3 is 1. The van der Waals surface area contributed by atoms with Crippen molar-refractivity contribution in [2.75, 3.05) is 13.7 Å². The van der Waals surface area contributed by atoms with Gasteiger partial charge in [-0.3, -0.25) is 0 Å². The molecule has 0 N–H and O–H groups in total. The molecular weight excluding hydrogens is 483 g/mol. The van der Waals surface area contributed by atoms with E-state index in [2.05, 4.69) is 91.9 Å². The fraction of sp³-hybridized carbons (Fsp3) is 0.455. The van der Waals surface area contributed by atoms with Crippen LogP contribution >= 0.6 is 22.6 Å². The third-order valence-electron chi connectivity index (χ3n) is 4.66. The van der Waals surface area contributed by atoms with Crippen LogP contribution in [0.2, 0.25) is 0 Å². The molecule has 1 fully saturated rings. The van der Waals surface area contributed by atoms with E-state index in [0.717, 1.165) is 0 Å². The molecule has 0 bridgehead atoms. The molecule has 3 rings (SSSR count). The minimum atomic E-state index is -1.88. The highest BCUT2D eigenvalue weighted by molar-refractivity contribution is 14.1. The first-order valence-corrected chi connectivity index (χ1v) is 12.5. The molecule has 0 saturated carbocycles. The lowest BCUT2D eigenvalue weighted by molar-refractivity contribution is -0.159. The smallest absolute Gasteiger partial charge is 0.240 e. The summed E-state index contributed by atoms with van der Waals surface area (Å²) in [6.07, 6.45) is -0.592. The van der Waals surface area contributed by atoms with Gasteiger partial charge in [-0.15, -0.1) is 0 Å². The second kappa shape index (κ2) is 9.82. The molecule has 0 aromatic heterocycles. The van der Waals surface area contributed by atoms with Gasteiger partial charge in [-0.25, -0.2) is 0 Å². The number of rotatable bonds is 7. The van der Waals surface area contributed by atoms with E-state index in [4.69, 9.17) is 18.6 Å². The molecule has 2 aromatic rings. The van der Waals surface area contributed by atoms with Crippen molar-refractivity contribution in [1.82, 2.24) is 0 Å². The topological polar surface area (TPSA) is 36.9 Å². The Morgan fingerprint density at radius 2 is 1.50 bits per heavy atom. The maximum Gasteiger partial charge on any atom is 0.240 e. The summed E-state index contributed by atoms with van der Waals surface area (Å²) < 4.78 is 24.7. The predicted octanol–water partition coefficient (Wildman–Crippen LogP) is 2.90. The van der Waals surface area contributed by atoms with Crippen molar-refractivity contribution in [2.24, 2.45) is 0 Å². The average Bonchev–Trinajstić information content (AvgIpc) is 3.00. The molecule has 0 spiro atoms. The van der Waals surface area contributed by atoms with Crippen LogP contribution in [-0.2, 0) is 18.6 Å². The first kappa shape index (κ1) is 21.9. The zero-order valence-electron chi connectivity index (χ0n) is 16.9. The highest BCUT2D eigenvalue weighted by Gasteiger charge is 2.46. The normalized spacial score (nSPS) is 25.4. The second-order valence-electron chi connectivity index (χ2n) is 7.95. The Balaban J connectivity index is 1.81. The highest BCUT2D eigenvalue weighted by atomic mass is 127. The molecule has 0 amide bonds. The maximum atomic E-state index is 6.79. The van der Waals surface area contributed by atoms with E-state index in [1.807, 2.05) is 12.1 Å². The molecule has 0 radical (unpaired) electrons. The van der Waals surface area contributed by atoms with E-state index in [0.29, 0.717) is 6.61 Å². The van der Waals surface area contributed by atoms with Gasteiger partial charge in [0.15, 0.2) is 6.29 Å². The Bertz CT molecular complexity index is 683. The Morgan fingerprint density at radius 3 is 1.96 bits per heavy atom. The van der Waals surface area contributed by atoms with Gasteiger partial charge in [0, 0.05) is 7.11 Å². The molecule has 4 atom stereocenters. The zero-order chi connectivity index (χ0) is 20.1. The maximum absolute atomic E-state index is 6.79. The van der Waals surface area contributed by atoms with E-state index >= 15 is 0 Å². The van der Waals surface area contributed by atoms with Crippen molar-refractivity contribution in [3.05, 3.63) is 60.7 Å². The number of halogens is 1. The van der Waals surface area contributed by atoms with Crippen molar-refractivity contribution in [3.63, 3.8) is 0 Å². The Hall–Kier alpha value is -0.773. The van der Waals surface area contributed by atoms with Gasteiger partial charge >= 0.3 is 0 Å². The second-order valence-corrected chi connectivity index (χ2v) is 11.8. The van der Waals surface area contributed by atoms with Crippen LogP contribution < -0.4 is 10.4 Å². The Kier molecular flexibility index (Phi) is 7.69. The summed E-state index contributed by atoms with van der Waals surface area (Å²) in [4.78, 5) is 0. The Labute approximate surface area is 183 Å². The number of ether oxygens (including phenoxy) is 3. The van der Waals surface area contributed by atoms with Crippen LogP contribution in [0.4, 0.5) is 0 Å². The van der Waals surface area contributed by atoms with Crippen LogP contribution in [0.3, 0.4) is 0 Å². The lowest BCUT2D eigenvalue weighted by atomic mass is 10.2. The van der Waals surface area contributed by atoms with Gasteiger partial charge in [0.25, 0.3) is 0 Å². The first-order valence-electron chi connectivity index (χ1n) is 9.60. The minimum absolute atomic E-state index is 0.0593. The van der Waals surface area contributed by atoms with Gasteiger partial charge in [0.1, 0.15) is 6.10 Å². The molecule has 4 nitrogen and oxygen atoms in total. The van der Waals surface area contributed by atoms with Crippen LogP contribution in [0.1, 0.15) is 20.8 Å². The summed E-state index contributed by atoms with van der Waals surface area (Å²) in [5, 5.41) is 2.50. The summed E-state index contributed by atoms with van der Waals surface area (Å²) in [5.74, 6) is 0. The monoisotopic (exact) mass is 512 g/mol. The fourth-order valence-electron chi connectivity index (χ4n) is 3.24. The van der Waals surface area contributed by atoms with E-state index in [1.54, 1.807) is 7.11 Å². The zero-order valence-corrected chi connectivity index (χ0v) is 20.2. The molecule has 1 aliphatic heterocycles. The molecular formula is C22H29IO4Si. The lowest BCUT2D eigenvalue weighted by Crippen LogP contribution is -2.50. The van der Waals surface area contributed by atoms with Crippen molar-refractivity contribution in [2.45, 2.75) is 48.8 Å². The summed E-state index contributed by atoms with van der Waals surface area (Å²) in [5.41, 5.74) is -0.202. The number of hydrogen-bond donors (Lipinski definition) is 0. The van der Waals surface area contributed by atoms with Gasteiger partial charge in [-0.2, -0.15) is 0 Å². The molecule has 0 aliphatic carbocycles. The van der Waals surface area contributed by atoms with E-state index in [9.17, 15) is 0 Å². The summed E-state index contributed by atoms with van der Waals surface area (Å²) in [6, 6.07) is 21.0. The van der Waals surface area contributed by atoms with Crippen LogP contribution in [0.25, 0.3) is 0 Å². The largest absolute Gasteiger partial charge is 0.402 e. The molecule has 1 saturated heterocycles. The molecule has 1 aliphatic rings. The highest BCUT2D eigenvalue weighted by Crippen LogP contribution is 2.32. The number of benzene rings is 2. The molecule has 152 valence electrons. The van der Waals surface area contributed by atoms with Crippen molar-refractivity contribution >= 4 is 42.0 Å². The SMILES string of the molecule is COC1O[C@H](COC(C)(C)C)[C@@H](I)[C@H]1O[SiH](c1ccccc1)c1ccccc1. The summed E-state index contributed by atoms with van der Waals surface area (Å²) >= 11 is 2.43. The quantitative estimate of drug-likeness (QED) is 0.325. The third-order valence-corrected chi connectivity index (χ3v) is 8.74. The molecule has 6 heteroatoms. The number of alkyl halides is 1. The van der Waals surface area contributed by atoms with Crippen molar-refractivity contribution in [1.29, 1.82) is 0 Å². The van der Waals surface area contributed by atoms with Crippen molar-refractivity contribution in [3.8, 4) is 0 Å². The van der Waals surface area contributed by atoms with E-state index in [-0.39, 0.29) is 21.7 Å². The van der Waals surface area contributed by atoms with Crippen molar-refractivity contribution < 1.29 is 18.6 Å². The van der Waals surface area contributed by atoms with Crippen LogP contribution in [0, 0.1) is 0 Å². The third kappa shape index (κ3) is 5.64. The van der Waals surface area contributed by atoms with Gasteiger partial charge in [0.05, 0.1) is 22.2 Å².